The van der Waals surface area contributed by atoms with Gasteiger partial charge in [0.1, 0.15) is 0 Å². The molecular formula is C23H33N5O2S. The van der Waals surface area contributed by atoms with Gasteiger partial charge in [0.2, 0.25) is 11.8 Å². The Morgan fingerprint density at radius 3 is 2.61 bits per heavy atom. The second-order valence-electron chi connectivity index (χ2n) is 8.41. The molecule has 31 heavy (non-hydrogen) atoms. The van der Waals surface area contributed by atoms with Crippen LogP contribution >= 0.6 is 11.8 Å². The molecule has 0 radical (unpaired) electrons. The third kappa shape index (κ3) is 5.41. The van der Waals surface area contributed by atoms with Crippen molar-refractivity contribution in [3.05, 3.63) is 24.3 Å². The largest absolute Gasteiger partial charge is 0.354 e. The van der Waals surface area contributed by atoms with Crippen LogP contribution in [0, 0.1) is 5.92 Å². The first-order valence-electron chi connectivity index (χ1n) is 11.5. The van der Waals surface area contributed by atoms with Crippen LogP contribution in [0.4, 0.5) is 0 Å². The number of imidazole rings is 1. The molecule has 1 N–H and O–H groups in total. The van der Waals surface area contributed by atoms with Crippen molar-refractivity contribution in [2.45, 2.75) is 44.3 Å². The highest BCUT2D eigenvalue weighted by atomic mass is 32.2. The second kappa shape index (κ2) is 10.5. The summed E-state index contributed by atoms with van der Waals surface area (Å²) in [4.78, 5) is 33.9. The average Bonchev–Trinajstić information content (AvgIpc) is 3.45. The van der Waals surface area contributed by atoms with Gasteiger partial charge < -0.3 is 14.8 Å². The Bertz CT molecular complexity index is 901. The highest BCUT2D eigenvalue weighted by molar-refractivity contribution is 7.99. The van der Waals surface area contributed by atoms with Crippen LogP contribution in [0.25, 0.3) is 11.0 Å². The van der Waals surface area contributed by atoms with Crippen molar-refractivity contribution in [1.82, 2.24) is 24.7 Å². The zero-order valence-corrected chi connectivity index (χ0v) is 19.2. The maximum Gasteiger partial charge on any atom is 0.230 e. The molecule has 1 aliphatic heterocycles. The number of rotatable bonds is 8. The minimum Gasteiger partial charge on any atom is -0.354 e. The number of thioether (sulfide) groups is 1. The summed E-state index contributed by atoms with van der Waals surface area (Å²) < 4.78 is 2.15. The minimum atomic E-state index is 0.0368. The first kappa shape index (κ1) is 22.1. The van der Waals surface area contributed by atoms with Crippen molar-refractivity contribution in [3.63, 3.8) is 0 Å². The lowest BCUT2D eigenvalue weighted by Crippen LogP contribution is -2.51. The Labute approximate surface area is 188 Å². The topological polar surface area (TPSA) is 70.5 Å². The normalized spacial score (nSPS) is 18.0. The lowest BCUT2D eigenvalue weighted by molar-refractivity contribution is -0.137. The van der Waals surface area contributed by atoms with Crippen LogP contribution in [-0.2, 0) is 16.1 Å². The summed E-state index contributed by atoms with van der Waals surface area (Å²) >= 11 is 1.49. The molecule has 0 spiro atoms. The van der Waals surface area contributed by atoms with Gasteiger partial charge in [-0.1, -0.05) is 36.7 Å². The number of carbonyl (C=O) groups excluding carboxylic acids is 2. The lowest BCUT2D eigenvalue weighted by atomic mass is 10.1. The number of benzene rings is 1. The first-order chi connectivity index (χ1) is 15.2. The second-order valence-corrected chi connectivity index (χ2v) is 9.36. The summed E-state index contributed by atoms with van der Waals surface area (Å²) in [6, 6.07) is 8.08. The van der Waals surface area contributed by atoms with Crippen molar-refractivity contribution < 1.29 is 9.59 Å². The number of fused-ring (bicyclic) bond motifs is 1. The molecule has 2 amide bonds. The number of aromatic nitrogens is 2. The minimum absolute atomic E-state index is 0.0368. The van der Waals surface area contributed by atoms with E-state index in [0.29, 0.717) is 18.2 Å². The maximum atomic E-state index is 12.5. The van der Waals surface area contributed by atoms with E-state index in [2.05, 4.69) is 32.8 Å². The number of amides is 2. The Kier molecular flexibility index (Phi) is 7.50. The number of carbonyl (C=O) groups is 2. The maximum absolute atomic E-state index is 12.5. The molecule has 1 aromatic heterocycles. The van der Waals surface area contributed by atoms with E-state index in [0.717, 1.165) is 68.3 Å². The summed E-state index contributed by atoms with van der Waals surface area (Å²) in [7, 11) is 0. The van der Waals surface area contributed by atoms with Crippen molar-refractivity contribution in [2.24, 2.45) is 5.92 Å². The van der Waals surface area contributed by atoms with Crippen LogP contribution in [0.3, 0.4) is 0 Å². The third-order valence-corrected chi connectivity index (χ3v) is 7.38. The van der Waals surface area contributed by atoms with Crippen molar-refractivity contribution in [3.8, 4) is 0 Å². The zero-order valence-electron chi connectivity index (χ0n) is 18.4. The number of hydrogen-bond acceptors (Lipinski definition) is 5. The van der Waals surface area contributed by atoms with Gasteiger partial charge in [0.25, 0.3) is 0 Å². The van der Waals surface area contributed by atoms with Gasteiger partial charge in [-0.2, -0.15) is 0 Å². The predicted octanol–water partition coefficient (Wildman–Crippen LogP) is 2.60. The molecule has 1 aromatic carbocycles. The van der Waals surface area contributed by atoms with Crippen LogP contribution in [0.1, 0.15) is 32.6 Å². The molecule has 2 aromatic rings. The van der Waals surface area contributed by atoms with Crippen molar-refractivity contribution >= 4 is 34.6 Å². The Hall–Kier alpha value is -2.06. The van der Waals surface area contributed by atoms with Gasteiger partial charge in [-0.05, 0) is 31.9 Å². The number of aryl methyl sites for hydroxylation is 1. The number of piperazine rings is 1. The van der Waals surface area contributed by atoms with E-state index in [1.807, 2.05) is 23.1 Å². The number of hydrogen-bond donors (Lipinski definition) is 1. The molecule has 168 valence electrons. The fourth-order valence-electron chi connectivity index (χ4n) is 4.63. The molecule has 2 aliphatic rings. The third-order valence-electron chi connectivity index (χ3n) is 6.41. The quantitative estimate of drug-likeness (QED) is 0.635. The van der Waals surface area contributed by atoms with Gasteiger partial charge in [0, 0.05) is 51.7 Å². The molecule has 4 rings (SSSR count). The van der Waals surface area contributed by atoms with E-state index in [9.17, 15) is 9.59 Å². The summed E-state index contributed by atoms with van der Waals surface area (Å²) in [5.41, 5.74) is 2.08. The molecule has 1 saturated heterocycles. The summed E-state index contributed by atoms with van der Waals surface area (Å²) in [6.07, 6.45) is 4.53. The number of nitrogens with one attached hydrogen (secondary N) is 1. The molecule has 7 nitrogen and oxygen atoms in total. The van der Waals surface area contributed by atoms with Gasteiger partial charge in [-0.3, -0.25) is 14.5 Å². The SMILES string of the molecule is CCn1c(SCC(=O)NCCN2CCN(C(=O)C3CCCC3)CC2)nc2ccccc21. The highest BCUT2D eigenvalue weighted by Gasteiger charge is 2.29. The molecule has 2 fully saturated rings. The highest BCUT2D eigenvalue weighted by Crippen LogP contribution is 2.27. The van der Waals surface area contributed by atoms with Gasteiger partial charge in [0.05, 0.1) is 16.8 Å². The van der Waals surface area contributed by atoms with E-state index < -0.39 is 0 Å². The predicted molar refractivity (Wildman–Crippen MR) is 124 cm³/mol. The van der Waals surface area contributed by atoms with E-state index >= 15 is 0 Å². The molecule has 2 heterocycles. The smallest absolute Gasteiger partial charge is 0.230 e. The molecule has 0 bridgehead atoms. The van der Waals surface area contributed by atoms with E-state index in [1.165, 1.54) is 24.6 Å². The van der Waals surface area contributed by atoms with E-state index in [1.54, 1.807) is 0 Å². The molecule has 0 atom stereocenters. The average molecular weight is 444 g/mol. The Morgan fingerprint density at radius 2 is 1.87 bits per heavy atom. The van der Waals surface area contributed by atoms with Gasteiger partial charge in [0.15, 0.2) is 5.16 Å². The van der Waals surface area contributed by atoms with Gasteiger partial charge in [-0.15, -0.1) is 0 Å². The lowest BCUT2D eigenvalue weighted by Gasteiger charge is -2.36. The zero-order chi connectivity index (χ0) is 21.6. The fraction of sp³-hybridized carbons (Fsp3) is 0.609. The molecule has 0 unspecified atom stereocenters. The van der Waals surface area contributed by atoms with Crippen LogP contribution in [0.5, 0.6) is 0 Å². The van der Waals surface area contributed by atoms with Crippen molar-refractivity contribution in [2.75, 3.05) is 45.0 Å². The summed E-state index contributed by atoms with van der Waals surface area (Å²) in [5.74, 6) is 1.03. The first-order valence-corrected chi connectivity index (χ1v) is 12.5. The summed E-state index contributed by atoms with van der Waals surface area (Å²) in [5, 5.41) is 3.92. The molecule has 1 saturated carbocycles. The molecular weight excluding hydrogens is 410 g/mol. The number of para-hydroxylation sites is 2. The number of nitrogens with zero attached hydrogens (tertiary/aromatic N) is 4. The molecule has 8 heteroatoms. The van der Waals surface area contributed by atoms with Crippen LogP contribution in [0.15, 0.2) is 29.4 Å². The van der Waals surface area contributed by atoms with E-state index in [-0.39, 0.29) is 11.8 Å². The van der Waals surface area contributed by atoms with Gasteiger partial charge >= 0.3 is 0 Å². The Balaban J connectivity index is 1.16. The fourth-order valence-corrected chi connectivity index (χ4v) is 5.54. The monoisotopic (exact) mass is 443 g/mol. The van der Waals surface area contributed by atoms with Crippen LogP contribution in [-0.4, -0.2) is 76.2 Å². The van der Waals surface area contributed by atoms with Crippen LogP contribution < -0.4 is 5.32 Å². The molecule has 1 aliphatic carbocycles. The standard InChI is InChI=1S/C23H33N5O2S/c1-2-28-20-10-6-5-9-19(20)25-23(28)31-17-21(29)24-11-12-26-13-15-27(16-14-26)22(30)18-7-3-4-8-18/h5-6,9-10,18H,2-4,7-8,11-17H2,1H3,(H,24,29). The van der Waals surface area contributed by atoms with Crippen LogP contribution in [0.2, 0.25) is 0 Å². The Morgan fingerprint density at radius 1 is 1.13 bits per heavy atom. The van der Waals surface area contributed by atoms with Gasteiger partial charge in [-0.25, -0.2) is 4.98 Å². The van der Waals surface area contributed by atoms with Crippen molar-refractivity contribution in [1.29, 1.82) is 0 Å². The summed E-state index contributed by atoms with van der Waals surface area (Å²) in [6.45, 7) is 7.81. The van der Waals surface area contributed by atoms with E-state index in [4.69, 9.17) is 0 Å².